The second-order valence-electron chi connectivity index (χ2n) is 5.94. The van der Waals surface area contributed by atoms with Gasteiger partial charge in [0.15, 0.2) is 0 Å². The number of benzene rings is 1. The molecule has 18 heavy (non-hydrogen) atoms. The number of rotatable bonds is 6. The summed E-state index contributed by atoms with van der Waals surface area (Å²) in [6.45, 7) is 9.90. The van der Waals surface area contributed by atoms with Crippen molar-refractivity contribution in [1.82, 2.24) is 5.32 Å². The van der Waals surface area contributed by atoms with E-state index in [9.17, 15) is 0 Å². The maximum atomic E-state index is 5.73. The van der Waals surface area contributed by atoms with Gasteiger partial charge in [0, 0.05) is 11.5 Å². The summed E-state index contributed by atoms with van der Waals surface area (Å²) < 4.78 is 5.73. The van der Waals surface area contributed by atoms with E-state index in [1.807, 2.05) is 0 Å². The van der Waals surface area contributed by atoms with E-state index in [0.717, 1.165) is 31.4 Å². The lowest BCUT2D eigenvalue weighted by Crippen LogP contribution is -2.26. The van der Waals surface area contributed by atoms with Crippen LogP contribution in [0.25, 0.3) is 0 Å². The molecule has 1 aliphatic heterocycles. The van der Waals surface area contributed by atoms with Crippen LogP contribution < -0.4 is 10.1 Å². The molecule has 2 heteroatoms. The fourth-order valence-electron chi connectivity index (χ4n) is 2.61. The summed E-state index contributed by atoms with van der Waals surface area (Å²) in [5.74, 6) is 3.10. The van der Waals surface area contributed by atoms with Crippen molar-refractivity contribution in [1.29, 1.82) is 0 Å². The van der Waals surface area contributed by atoms with Crippen LogP contribution in [0, 0.1) is 11.8 Å². The molecule has 1 aromatic rings. The first-order valence-electron chi connectivity index (χ1n) is 7.09. The molecule has 1 aliphatic rings. The first-order chi connectivity index (χ1) is 8.66. The Morgan fingerprint density at radius 2 is 2.00 bits per heavy atom. The lowest BCUT2D eigenvalue weighted by Gasteiger charge is -2.17. The maximum Gasteiger partial charge on any atom is 0.122 e. The molecule has 0 saturated heterocycles. The molecule has 0 bridgehead atoms. The van der Waals surface area contributed by atoms with Gasteiger partial charge in [-0.1, -0.05) is 39.0 Å². The molecule has 2 rings (SSSR count). The summed E-state index contributed by atoms with van der Waals surface area (Å²) in [5.41, 5.74) is 1.40. The minimum Gasteiger partial charge on any atom is -0.493 e. The summed E-state index contributed by atoms with van der Waals surface area (Å²) in [5, 5.41) is 3.54. The Labute approximate surface area is 111 Å². The molecule has 1 N–H and O–H groups in total. The first-order valence-corrected chi connectivity index (χ1v) is 7.09. The predicted molar refractivity (Wildman–Crippen MR) is 76.2 cm³/mol. The van der Waals surface area contributed by atoms with Crippen LogP contribution in [-0.4, -0.2) is 19.7 Å². The highest BCUT2D eigenvalue weighted by Crippen LogP contribution is 2.36. The summed E-state index contributed by atoms with van der Waals surface area (Å²) in [7, 11) is 0. The summed E-state index contributed by atoms with van der Waals surface area (Å²) >= 11 is 0. The molecule has 1 heterocycles. The molecule has 0 amide bonds. The van der Waals surface area contributed by atoms with E-state index in [0.29, 0.717) is 11.8 Å². The monoisotopic (exact) mass is 247 g/mol. The number of fused-ring (bicyclic) bond motifs is 1. The van der Waals surface area contributed by atoms with Crippen LogP contribution in [0.15, 0.2) is 24.3 Å². The largest absolute Gasteiger partial charge is 0.493 e. The zero-order valence-corrected chi connectivity index (χ0v) is 11.8. The summed E-state index contributed by atoms with van der Waals surface area (Å²) in [6.07, 6.45) is 1.21. The van der Waals surface area contributed by atoms with E-state index in [1.165, 1.54) is 12.0 Å². The van der Waals surface area contributed by atoms with Crippen LogP contribution in [0.4, 0.5) is 0 Å². The zero-order chi connectivity index (χ0) is 13.0. The highest BCUT2D eigenvalue weighted by atomic mass is 16.5. The third-order valence-electron chi connectivity index (χ3n) is 3.53. The molecule has 0 fully saturated rings. The van der Waals surface area contributed by atoms with Crippen LogP contribution in [0.1, 0.15) is 38.7 Å². The van der Waals surface area contributed by atoms with Crippen molar-refractivity contribution in [2.75, 3.05) is 19.7 Å². The van der Waals surface area contributed by atoms with Crippen molar-refractivity contribution < 1.29 is 4.74 Å². The standard InChI is InChI=1S/C16H25NO/c1-12(2)9-17-10-13(3)8-14-11-18-16-7-5-4-6-15(14)16/h4-7,12-14,17H,8-11H2,1-3H3. The van der Waals surface area contributed by atoms with Crippen LogP contribution in [0.5, 0.6) is 5.75 Å². The fraction of sp³-hybridized carbons (Fsp3) is 0.625. The zero-order valence-electron chi connectivity index (χ0n) is 11.8. The topological polar surface area (TPSA) is 21.3 Å². The van der Waals surface area contributed by atoms with E-state index in [4.69, 9.17) is 4.74 Å². The smallest absolute Gasteiger partial charge is 0.122 e. The van der Waals surface area contributed by atoms with E-state index in [-0.39, 0.29) is 0 Å². The Bertz CT molecular complexity index is 375. The van der Waals surface area contributed by atoms with Gasteiger partial charge in [-0.05, 0) is 37.4 Å². The number of hydrogen-bond donors (Lipinski definition) is 1. The molecule has 0 aromatic heterocycles. The van der Waals surface area contributed by atoms with Crippen LogP contribution in [0.2, 0.25) is 0 Å². The second-order valence-corrected chi connectivity index (χ2v) is 5.94. The third-order valence-corrected chi connectivity index (χ3v) is 3.53. The minimum absolute atomic E-state index is 0.581. The van der Waals surface area contributed by atoms with E-state index in [1.54, 1.807) is 0 Å². The Kier molecular flexibility index (Phi) is 4.65. The summed E-state index contributed by atoms with van der Waals surface area (Å²) in [6, 6.07) is 8.45. The van der Waals surface area contributed by atoms with Gasteiger partial charge >= 0.3 is 0 Å². The van der Waals surface area contributed by atoms with Gasteiger partial charge in [0.1, 0.15) is 5.75 Å². The van der Waals surface area contributed by atoms with Crippen molar-refractivity contribution in [3.8, 4) is 5.75 Å². The van der Waals surface area contributed by atoms with Crippen molar-refractivity contribution in [2.45, 2.75) is 33.1 Å². The van der Waals surface area contributed by atoms with E-state index < -0.39 is 0 Å². The molecule has 2 unspecified atom stereocenters. The normalized spacial score (nSPS) is 19.7. The molecule has 100 valence electrons. The van der Waals surface area contributed by atoms with Crippen LogP contribution >= 0.6 is 0 Å². The molecule has 0 radical (unpaired) electrons. The molecule has 0 spiro atoms. The quantitative estimate of drug-likeness (QED) is 0.831. The van der Waals surface area contributed by atoms with Gasteiger partial charge in [-0.15, -0.1) is 0 Å². The lowest BCUT2D eigenvalue weighted by atomic mass is 9.91. The number of nitrogens with one attached hydrogen (secondary N) is 1. The number of hydrogen-bond acceptors (Lipinski definition) is 2. The Morgan fingerprint density at radius 1 is 1.22 bits per heavy atom. The Morgan fingerprint density at radius 3 is 2.78 bits per heavy atom. The van der Waals surface area contributed by atoms with Gasteiger partial charge in [-0.3, -0.25) is 0 Å². The molecule has 2 atom stereocenters. The highest BCUT2D eigenvalue weighted by Gasteiger charge is 2.24. The first kappa shape index (κ1) is 13.4. The molecule has 0 saturated carbocycles. The van der Waals surface area contributed by atoms with Gasteiger partial charge in [0.25, 0.3) is 0 Å². The third kappa shape index (κ3) is 3.49. The van der Waals surface area contributed by atoms with Gasteiger partial charge < -0.3 is 10.1 Å². The average Bonchev–Trinajstić information content (AvgIpc) is 2.72. The van der Waals surface area contributed by atoms with E-state index >= 15 is 0 Å². The SMILES string of the molecule is CC(C)CNCC(C)CC1COc2ccccc21. The van der Waals surface area contributed by atoms with Crippen molar-refractivity contribution in [3.63, 3.8) is 0 Å². The number of ether oxygens (including phenoxy) is 1. The number of para-hydroxylation sites is 1. The van der Waals surface area contributed by atoms with Gasteiger partial charge in [0.05, 0.1) is 6.61 Å². The second kappa shape index (κ2) is 6.24. The Balaban J connectivity index is 1.80. The molecule has 2 nitrogen and oxygen atoms in total. The van der Waals surface area contributed by atoms with Crippen LogP contribution in [-0.2, 0) is 0 Å². The molecule has 1 aromatic carbocycles. The average molecular weight is 247 g/mol. The molecular weight excluding hydrogens is 222 g/mol. The minimum atomic E-state index is 0.581. The van der Waals surface area contributed by atoms with Crippen molar-refractivity contribution in [3.05, 3.63) is 29.8 Å². The predicted octanol–water partition coefficient (Wildman–Crippen LogP) is 3.43. The van der Waals surface area contributed by atoms with Crippen molar-refractivity contribution >= 4 is 0 Å². The lowest BCUT2D eigenvalue weighted by molar-refractivity contribution is 0.307. The fourth-order valence-corrected chi connectivity index (χ4v) is 2.61. The summed E-state index contributed by atoms with van der Waals surface area (Å²) in [4.78, 5) is 0. The van der Waals surface area contributed by atoms with Gasteiger partial charge in [-0.2, -0.15) is 0 Å². The van der Waals surface area contributed by atoms with E-state index in [2.05, 4.69) is 50.4 Å². The van der Waals surface area contributed by atoms with Gasteiger partial charge in [0.2, 0.25) is 0 Å². The molecule has 0 aliphatic carbocycles. The van der Waals surface area contributed by atoms with Gasteiger partial charge in [-0.25, -0.2) is 0 Å². The maximum absolute atomic E-state index is 5.73. The van der Waals surface area contributed by atoms with Crippen molar-refractivity contribution in [2.24, 2.45) is 11.8 Å². The molecular formula is C16H25NO. The highest BCUT2D eigenvalue weighted by molar-refractivity contribution is 5.39. The van der Waals surface area contributed by atoms with Crippen LogP contribution in [0.3, 0.4) is 0 Å². The Hall–Kier alpha value is -1.02.